The first-order valence-corrected chi connectivity index (χ1v) is 14.2. The number of nitrogens with zero attached hydrogens (tertiary/aromatic N) is 3. The second-order valence-electron chi connectivity index (χ2n) is 9.18. The maximum atomic E-state index is 13.3. The molecule has 5 rings (SSSR count). The number of benzene rings is 2. The van der Waals surface area contributed by atoms with Gasteiger partial charge in [0.05, 0.1) is 28.6 Å². The molecule has 2 saturated heterocycles. The molecule has 0 bridgehead atoms. The number of hydrogen-bond acceptors (Lipinski definition) is 5. The lowest BCUT2D eigenvalue weighted by Gasteiger charge is -2.30. The monoisotopic (exact) mass is 485 g/mol. The molecular weight excluding hydrogens is 454 g/mol. The highest BCUT2D eigenvalue weighted by atomic mass is 32.2. The molecule has 2 aliphatic heterocycles. The number of fused-ring (bicyclic) bond motifs is 1. The van der Waals surface area contributed by atoms with E-state index in [0.717, 1.165) is 60.8 Å². The van der Waals surface area contributed by atoms with Gasteiger partial charge < -0.3 is 9.30 Å². The third kappa shape index (κ3) is 4.99. The van der Waals surface area contributed by atoms with Crippen molar-refractivity contribution in [3.05, 3.63) is 54.1 Å². The minimum atomic E-state index is -3.52. The minimum Gasteiger partial charge on any atom is -0.376 e. The average molecular weight is 486 g/mol. The second-order valence-corrected chi connectivity index (χ2v) is 12.1. The zero-order valence-electron chi connectivity index (χ0n) is 19.0. The van der Waals surface area contributed by atoms with Gasteiger partial charge in [-0.25, -0.2) is 13.4 Å². The number of ether oxygens (including phenoxy) is 1. The summed E-state index contributed by atoms with van der Waals surface area (Å²) >= 11 is 1.69. The molecule has 0 aliphatic carbocycles. The van der Waals surface area contributed by atoms with Crippen LogP contribution in [0, 0.1) is 5.92 Å². The van der Waals surface area contributed by atoms with E-state index in [1.807, 2.05) is 24.3 Å². The van der Waals surface area contributed by atoms with Crippen molar-refractivity contribution in [2.24, 2.45) is 5.92 Å². The molecular formula is C25H31N3O3S2. The number of imidazole rings is 1. The first-order valence-electron chi connectivity index (χ1n) is 11.8. The van der Waals surface area contributed by atoms with Crippen molar-refractivity contribution < 1.29 is 13.2 Å². The van der Waals surface area contributed by atoms with Crippen LogP contribution >= 0.6 is 11.8 Å². The highest BCUT2D eigenvalue weighted by Gasteiger charge is 2.29. The molecule has 0 radical (unpaired) electrons. The number of piperidine rings is 1. The van der Waals surface area contributed by atoms with E-state index in [1.165, 1.54) is 5.56 Å². The Kier molecular flexibility index (Phi) is 6.79. The van der Waals surface area contributed by atoms with E-state index < -0.39 is 10.0 Å². The molecule has 176 valence electrons. The quantitative estimate of drug-likeness (QED) is 0.444. The van der Waals surface area contributed by atoms with E-state index in [4.69, 9.17) is 9.72 Å². The predicted molar refractivity (Wildman–Crippen MR) is 132 cm³/mol. The Morgan fingerprint density at radius 1 is 1.12 bits per heavy atom. The maximum Gasteiger partial charge on any atom is 0.243 e. The third-order valence-corrected chi connectivity index (χ3v) is 9.47. The second kappa shape index (κ2) is 9.78. The zero-order valence-corrected chi connectivity index (χ0v) is 20.7. The first-order chi connectivity index (χ1) is 16.0. The Morgan fingerprint density at radius 2 is 1.97 bits per heavy atom. The lowest BCUT2D eigenvalue weighted by Crippen LogP contribution is -2.39. The molecule has 2 aromatic carbocycles. The van der Waals surface area contributed by atoms with Crippen molar-refractivity contribution >= 4 is 32.8 Å². The smallest absolute Gasteiger partial charge is 0.243 e. The Bertz CT molecular complexity index is 1200. The summed E-state index contributed by atoms with van der Waals surface area (Å²) in [6.45, 7) is 4.85. The van der Waals surface area contributed by atoms with Gasteiger partial charge in [0, 0.05) is 25.4 Å². The SMILES string of the molecule is C[C@H]1CCCN(S(=O)(=O)c2ccc3c(c2)nc(SCc2ccccc2)n3C[C@H]2CCCO2)C1. The zero-order chi connectivity index (χ0) is 22.8. The van der Waals surface area contributed by atoms with Crippen LogP contribution in [-0.2, 0) is 27.1 Å². The molecule has 3 heterocycles. The first kappa shape index (κ1) is 22.9. The molecule has 0 unspecified atom stereocenters. The number of sulfonamides is 1. The van der Waals surface area contributed by atoms with Crippen molar-refractivity contribution in [3.63, 3.8) is 0 Å². The van der Waals surface area contributed by atoms with Crippen LogP contribution in [0.15, 0.2) is 58.6 Å². The Labute approximate surface area is 200 Å². The van der Waals surface area contributed by atoms with E-state index in [9.17, 15) is 8.42 Å². The summed E-state index contributed by atoms with van der Waals surface area (Å²) in [5, 5.41) is 0.908. The predicted octanol–water partition coefficient (Wildman–Crippen LogP) is 4.93. The molecule has 2 fully saturated rings. The van der Waals surface area contributed by atoms with Gasteiger partial charge in [0.2, 0.25) is 10.0 Å². The van der Waals surface area contributed by atoms with Crippen LogP contribution in [0.3, 0.4) is 0 Å². The third-order valence-electron chi connectivity index (χ3n) is 6.56. The van der Waals surface area contributed by atoms with Crippen LogP contribution in [0.1, 0.15) is 38.2 Å². The topological polar surface area (TPSA) is 64.4 Å². The van der Waals surface area contributed by atoms with Gasteiger partial charge in [-0.05, 0) is 55.4 Å². The highest BCUT2D eigenvalue weighted by molar-refractivity contribution is 7.98. The molecule has 0 saturated carbocycles. The number of hydrogen-bond donors (Lipinski definition) is 0. The van der Waals surface area contributed by atoms with Gasteiger partial charge in [-0.2, -0.15) is 4.31 Å². The van der Waals surface area contributed by atoms with Crippen molar-refractivity contribution in [2.45, 2.75) is 61.1 Å². The van der Waals surface area contributed by atoms with Crippen molar-refractivity contribution in [2.75, 3.05) is 19.7 Å². The summed E-state index contributed by atoms with van der Waals surface area (Å²) in [7, 11) is -3.52. The van der Waals surface area contributed by atoms with Gasteiger partial charge in [0.25, 0.3) is 0 Å². The maximum absolute atomic E-state index is 13.3. The number of aromatic nitrogens is 2. The van der Waals surface area contributed by atoms with Crippen molar-refractivity contribution in [1.82, 2.24) is 13.9 Å². The van der Waals surface area contributed by atoms with Crippen LogP contribution in [0.2, 0.25) is 0 Å². The standard InChI is InChI=1S/C25H31N3O3S2/c1-19-7-5-13-27(16-19)33(29,30)22-11-12-24-23(15-22)26-25(28(24)17-21-10-6-14-31-21)32-18-20-8-3-2-4-9-20/h2-4,8-9,11-12,15,19,21H,5-7,10,13-14,16-18H2,1H3/t19-,21+/m0/s1. The summed E-state index contributed by atoms with van der Waals surface area (Å²) in [6.07, 6.45) is 4.30. The summed E-state index contributed by atoms with van der Waals surface area (Å²) < 4.78 is 36.4. The summed E-state index contributed by atoms with van der Waals surface area (Å²) in [5.41, 5.74) is 2.93. The molecule has 6 nitrogen and oxygen atoms in total. The molecule has 3 aromatic rings. The van der Waals surface area contributed by atoms with Crippen molar-refractivity contribution in [3.8, 4) is 0 Å². The van der Waals surface area contributed by atoms with Gasteiger partial charge in [-0.15, -0.1) is 0 Å². The Hall–Kier alpha value is -1.87. The fourth-order valence-electron chi connectivity index (χ4n) is 4.76. The molecule has 0 amide bonds. The van der Waals surface area contributed by atoms with E-state index in [2.05, 4.69) is 23.6 Å². The van der Waals surface area contributed by atoms with E-state index in [-0.39, 0.29) is 6.10 Å². The fraction of sp³-hybridized carbons (Fsp3) is 0.480. The number of rotatable bonds is 7. The average Bonchev–Trinajstić information content (AvgIpc) is 3.46. The normalized spacial score (nSPS) is 22.2. The lowest BCUT2D eigenvalue weighted by atomic mass is 10.0. The van der Waals surface area contributed by atoms with E-state index in [1.54, 1.807) is 28.2 Å². The van der Waals surface area contributed by atoms with Gasteiger partial charge in [0.15, 0.2) is 5.16 Å². The molecule has 8 heteroatoms. The number of thioether (sulfide) groups is 1. The highest BCUT2D eigenvalue weighted by Crippen LogP contribution is 2.31. The van der Waals surface area contributed by atoms with Crippen LogP contribution in [0.4, 0.5) is 0 Å². The lowest BCUT2D eigenvalue weighted by molar-refractivity contribution is 0.0960. The summed E-state index contributed by atoms with van der Waals surface area (Å²) in [4.78, 5) is 5.23. The molecule has 0 N–H and O–H groups in total. The van der Waals surface area contributed by atoms with Crippen LogP contribution in [-0.4, -0.2) is 48.1 Å². The van der Waals surface area contributed by atoms with Crippen molar-refractivity contribution in [1.29, 1.82) is 0 Å². The van der Waals surface area contributed by atoms with Gasteiger partial charge >= 0.3 is 0 Å². The summed E-state index contributed by atoms with van der Waals surface area (Å²) in [5.74, 6) is 1.20. The summed E-state index contributed by atoms with van der Waals surface area (Å²) in [6, 6.07) is 15.8. The minimum absolute atomic E-state index is 0.178. The Balaban J connectivity index is 1.47. The van der Waals surface area contributed by atoms with Crippen LogP contribution in [0.5, 0.6) is 0 Å². The van der Waals surface area contributed by atoms with Gasteiger partial charge in [0.1, 0.15) is 0 Å². The van der Waals surface area contributed by atoms with Gasteiger partial charge in [-0.3, -0.25) is 0 Å². The molecule has 2 atom stereocenters. The van der Waals surface area contributed by atoms with Gasteiger partial charge in [-0.1, -0.05) is 49.0 Å². The molecule has 1 aromatic heterocycles. The Morgan fingerprint density at radius 3 is 2.73 bits per heavy atom. The largest absolute Gasteiger partial charge is 0.376 e. The molecule has 0 spiro atoms. The molecule has 33 heavy (non-hydrogen) atoms. The van der Waals surface area contributed by atoms with E-state index in [0.29, 0.717) is 23.9 Å². The van der Waals surface area contributed by atoms with Crippen LogP contribution in [0.25, 0.3) is 11.0 Å². The van der Waals surface area contributed by atoms with Crippen LogP contribution < -0.4 is 0 Å². The fourth-order valence-corrected chi connectivity index (χ4v) is 7.36. The molecule has 2 aliphatic rings. The van der Waals surface area contributed by atoms with E-state index >= 15 is 0 Å².